The summed E-state index contributed by atoms with van der Waals surface area (Å²) in [5.74, 6) is 1.49. The van der Waals surface area contributed by atoms with Gasteiger partial charge in [-0.25, -0.2) is 0 Å². The highest BCUT2D eigenvalue weighted by Gasteiger charge is 2.33. The fraction of sp³-hybridized carbons (Fsp3) is 0.391. The molecule has 1 aliphatic heterocycles. The Morgan fingerprint density at radius 2 is 1.97 bits per heavy atom. The van der Waals surface area contributed by atoms with Crippen molar-refractivity contribution in [2.24, 2.45) is 0 Å². The highest BCUT2D eigenvalue weighted by molar-refractivity contribution is 7.10. The van der Waals surface area contributed by atoms with Gasteiger partial charge in [0.25, 0.3) is 0 Å². The third-order valence-electron chi connectivity index (χ3n) is 5.76. The first-order chi connectivity index (χ1) is 15.0. The van der Waals surface area contributed by atoms with E-state index in [1.165, 1.54) is 16.9 Å². The second kappa shape index (κ2) is 9.28. The van der Waals surface area contributed by atoms with Crippen molar-refractivity contribution >= 4 is 28.6 Å². The lowest BCUT2D eigenvalue weighted by Crippen LogP contribution is -2.40. The van der Waals surface area contributed by atoms with E-state index in [1.807, 2.05) is 40.8 Å². The number of thiazole rings is 1. The van der Waals surface area contributed by atoms with E-state index in [2.05, 4.69) is 6.07 Å². The van der Waals surface area contributed by atoms with E-state index in [1.54, 1.807) is 30.1 Å². The monoisotopic (exact) mass is 458 g/mol. The Morgan fingerprint density at radius 3 is 2.61 bits per heavy atom. The number of nitrogens with zero attached hydrogens (tertiary/aromatic N) is 2. The van der Waals surface area contributed by atoms with Gasteiger partial charge >= 0.3 is 4.87 Å². The maximum absolute atomic E-state index is 13.3. The van der Waals surface area contributed by atoms with Crippen LogP contribution in [0.25, 0.3) is 0 Å². The second-order valence-electron chi connectivity index (χ2n) is 7.56. The molecule has 4 rings (SSSR count). The second-order valence-corrected chi connectivity index (χ2v) is 9.36. The van der Waals surface area contributed by atoms with Crippen LogP contribution in [0.15, 0.2) is 39.8 Å². The van der Waals surface area contributed by atoms with Crippen LogP contribution in [0.1, 0.15) is 40.6 Å². The molecule has 1 amide bonds. The summed E-state index contributed by atoms with van der Waals surface area (Å²) in [7, 11) is 3.27. The molecule has 1 atom stereocenters. The molecule has 1 aromatic carbocycles. The zero-order valence-electron chi connectivity index (χ0n) is 17.9. The minimum atomic E-state index is -0.137. The number of hydrogen-bond donors (Lipinski definition) is 0. The number of benzene rings is 1. The number of carbonyl (C=O) groups excluding carboxylic acids is 1. The Balaban J connectivity index is 1.59. The zero-order valence-corrected chi connectivity index (χ0v) is 19.6. The maximum atomic E-state index is 13.3. The van der Waals surface area contributed by atoms with Gasteiger partial charge in [0.1, 0.15) is 0 Å². The Morgan fingerprint density at radius 1 is 1.19 bits per heavy atom. The standard InChI is InChI=1S/C23H26N2O4S2/c1-15-14-31-23(27)24(15)9-4-7-21(26)25-10-8-16-12-18(28-2)19(29-3)13-17(16)22(25)20-6-5-11-30-20/h5-6,11-14,22H,4,7-10H2,1-3H3/t22-/m1/s1. The summed E-state index contributed by atoms with van der Waals surface area (Å²) >= 11 is 2.86. The van der Waals surface area contributed by atoms with E-state index >= 15 is 0 Å². The van der Waals surface area contributed by atoms with Gasteiger partial charge in [-0.15, -0.1) is 11.3 Å². The largest absolute Gasteiger partial charge is 0.493 e. The minimum Gasteiger partial charge on any atom is -0.493 e. The minimum absolute atomic E-state index is 0.0364. The molecule has 0 saturated carbocycles. The average molecular weight is 459 g/mol. The van der Waals surface area contributed by atoms with Crippen molar-refractivity contribution in [2.75, 3.05) is 20.8 Å². The Kier molecular flexibility index (Phi) is 6.48. The van der Waals surface area contributed by atoms with Crippen molar-refractivity contribution in [3.63, 3.8) is 0 Å². The number of rotatable bonds is 7. The summed E-state index contributed by atoms with van der Waals surface area (Å²) in [5, 5.41) is 3.90. The van der Waals surface area contributed by atoms with Crippen LogP contribution in [0.4, 0.5) is 0 Å². The smallest absolute Gasteiger partial charge is 0.307 e. The van der Waals surface area contributed by atoms with Crippen molar-refractivity contribution in [2.45, 2.75) is 38.8 Å². The third-order valence-corrected chi connectivity index (χ3v) is 7.56. The van der Waals surface area contributed by atoms with Crippen LogP contribution >= 0.6 is 22.7 Å². The van der Waals surface area contributed by atoms with Gasteiger partial charge in [-0.2, -0.15) is 0 Å². The van der Waals surface area contributed by atoms with E-state index in [9.17, 15) is 9.59 Å². The van der Waals surface area contributed by atoms with Crippen LogP contribution in [0.5, 0.6) is 11.5 Å². The number of thiophene rings is 1. The quantitative estimate of drug-likeness (QED) is 0.531. The summed E-state index contributed by atoms with van der Waals surface area (Å²) in [6.07, 6.45) is 1.82. The molecule has 0 radical (unpaired) electrons. The van der Waals surface area contributed by atoms with Gasteiger partial charge in [0.05, 0.1) is 20.3 Å². The van der Waals surface area contributed by atoms with E-state index in [4.69, 9.17) is 9.47 Å². The number of hydrogen-bond acceptors (Lipinski definition) is 6. The fourth-order valence-corrected chi connectivity index (χ4v) is 5.79. The molecule has 8 heteroatoms. The molecule has 0 N–H and O–H groups in total. The predicted molar refractivity (Wildman–Crippen MR) is 124 cm³/mol. The van der Waals surface area contributed by atoms with Gasteiger partial charge in [-0.1, -0.05) is 17.4 Å². The van der Waals surface area contributed by atoms with Gasteiger partial charge in [0.15, 0.2) is 11.5 Å². The van der Waals surface area contributed by atoms with Gasteiger partial charge < -0.3 is 18.9 Å². The lowest BCUT2D eigenvalue weighted by atomic mass is 9.90. The molecule has 31 heavy (non-hydrogen) atoms. The number of aromatic nitrogens is 1. The molecule has 3 aromatic rings. The fourth-order valence-electron chi connectivity index (χ4n) is 4.17. The van der Waals surface area contributed by atoms with Crippen molar-refractivity contribution < 1.29 is 14.3 Å². The number of methoxy groups -OCH3 is 2. The van der Waals surface area contributed by atoms with Crippen LogP contribution < -0.4 is 14.3 Å². The highest BCUT2D eigenvalue weighted by atomic mass is 32.1. The number of ether oxygens (including phenoxy) is 2. The van der Waals surface area contributed by atoms with Crippen molar-refractivity contribution in [3.05, 3.63) is 66.4 Å². The number of fused-ring (bicyclic) bond motifs is 1. The first-order valence-electron chi connectivity index (χ1n) is 10.3. The summed E-state index contributed by atoms with van der Waals surface area (Å²) in [6, 6.07) is 8.00. The molecular formula is C23H26N2O4S2. The lowest BCUT2D eigenvalue weighted by molar-refractivity contribution is -0.133. The first-order valence-corrected chi connectivity index (χ1v) is 12.0. The van der Waals surface area contributed by atoms with Crippen LogP contribution in [0.2, 0.25) is 0 Å². The molecule has 0 unspecified atom stereocenters. The van der Waals surface area contributed by atoms with Gasteiger partial charge in [0.2, 0.25) is 5.91 Å². The first kappa shape index (κ1) is 21.6. The Bertz CT molecular complexity index is 1120. The molecule has 0 bridgehead atoms. The summed E-state index contributed by atoms with van der Waals surface area (Å²) in [6.45, 7) is 3.15. The topological polar surface area (TPSA) is 60.8 Å². The number of aryl methyl sites for hydroxylation is 1. The zero-order chi connectivity index (χ0) is 22.0. The predicted octanol–water partition coefficient (Wildman–Crippen LogP) is 4.25. The third kappa shape index (κ3) is 4.27. The maximum Gasteiger partial charge on any atom is 0.307 e. The van der Waals surface area contributed by atoms with E-state index in [-0.39, 0.29) is 16.8 Å². The van der Waals surface area contributed by atoms with Crippen LogP contribution in [-0.4, -0.2) is 36.1 Å². The van der Waals surface area contributed by atoms with Crippen molar-refractivity contribution in [1.82, 2.24) is 9.47 Å². The summed E-state index contributed by atoms with van der Waals surface area (Å²) in [5.41, 5.74) is 3.22. The van der Waals surface area contributed by atoms with Gasteiger partial charge in [0, 0.05) is 35.5 Å². The molecule has 0 aliphatic carbocycles. The molecule has 6 nitrogen and oxygen atoms in total. The molecule has 164 valence electrons. The normalized spacial score (nSPS) is 15.6. The molecule has 0 spiro atoms. The highest BCUT2D eigenvalue weighted by Crippen LogP contribution is 2.42. The lowest BCUT2D eigenvalue weighted by Gasteiger charge is -2.37. The molecule has 1 aliphatic rings. The van der Waals surface area contributed by atoms with Crippen LogP contribution in [0.3, 0.4) is 0 Å². The van der Waals surface area contributed by atoms with Crippen LogP contribution in [0, 0.1) is 6.92 Å². The van der Waals surface area contributed by atoms with Crippen molar-refractivity contribution in [3.8, 4) is 11.5 Å². The summed E-state index contributed by atoms with van der Waals surface area (Å²) < 4.78 is 12.8. The SMILES string of the molecule is COc1cc2c(cc1OC)[C@H](c1cccs1)N(C(=O)CCCn1c(C)csc1=O)CC2. The van der Waals surface area contributed by atoms with Gasteiger partial charge in [-0.3, -0.25) is 9.59 Å². The Hall–Kier alpha value is -2.58. The van der Waals surface area contributed by atoms with Crippen LogP contribution in [-0.2, 0) is 17.8 Å². The summed E-state index contributed by atoms with van der Waals surface area (Å²) in [4.78, 5) is 28.4. The molecular weight excluding hydrogens is 432 g/mol. The number of amides is 1. The van der Waals surface area contributed by atoms with Crippen molar-refractivity contribution in [1.29, 1.82) is 0 Å². The molecule has 2 aromatic heterocycles. The molecule has 3 heterocycles. The van der Waals surface area contributed by atoms with E-state index < -0.39 is 0 Å². The number of carbonyl (C=O) groups is 1. The van der Waals surface area contributed by atoms with E-state index in [0.717, 1.165) is 22.6 Å². The van der Waals surface area contributed by atoms with E-state index in [0.29, 0.717) is 37.4 Å². The Labute approximate surface area is 189 Å². The molecule has 0 fully saturated rings. The average Bonchev–Trinajstić information content (AvgIpc) is 3.42. The van der Waals surface area contributed by atoms with Gasteiger partial charge in [-0.05, 0) is 54.5 Å². The molecule has 0 saturated heterocycles.